The molecule has 0 bridgehead atoms. The molecule has 1 saturated carbocycles. The largest absolute Gasteiger partial charge is 0.350 e. The molecule has 1 aromatic heterocycles. The van der Waals surface area contributed by atoms with Crippen LogP contribution >= 0.6 is 23.2 Å². The Bertz CT molecular complexity index is 993. The van der Waals surface area contributed by atoms with Gasteiger partial charge in [0.1, 0.15) is 5.69 Å². The second-order valence-electron chi connectivity index (χ2n) is 7.25. The van der Waals surface area contributed by atoms with Crippen LogP contribution in [0.2, 0.25) is 10.0 Å². The second kappa shape index (κ2) is 8.82. The average molecular weight is 436 g/mol. The highest BCUT2D eigenvalue weighted by atomic mass is 35.5. The summed E-state index contributed by atoms with van der Waals surface area (Å²) in [7, 11) is 0. The van der Waals surface area contributed by atoms with Gasteiger partial charge < -0.3 is 4.98 Å². The van der Waals surface area contributed by atoms with Crippen LogP contribution in [0.15, 0.2) is 28.4 Å². The van der Waals surface area contributed by atoms with Crippen molar-refractivity contribution in [3.05, 3.63) is 54.8 Å². The van der Waals surface area contributed by atoms with Gasteiger partial charge in [0.05, 0.1) is 5.02 Å². The molecule has 1 aliphatic rings. The Labute approximate surface area is 176 Å². The van der Waals surface area contributed by atoms with Crippen molar-refractivity contribution in [1.82, 2.24) is 9.99 Å². The molecule has 1 aliphatic carbocycles. The second-order valence-corrected chi connectivity index (χ2v) is 8.10. The number of carbonyl (C=O) groups excluding carboxylic acids is 1. The number of fused-ring (bicyclic) bond motifs is 1. The van der Waals surface area contributed by atoms with E-state index in [2.05, 4.69) is 25.0 Å². The minimum Gasteiger partial charge on any atom is -0.350 e. The molecule has 1 aromatic carbocycles. The molecule has 0 atom stereocenters. The lowest BCUT2D eigenvalue weighted by Crippen LogP contribution is -2.49. The molecule has 0 saturated heterocycles. The number of benzene rings is 1. The molecule has 0 spiro atoms. The SMILES string of the molecule is [N-]=[N+]=NCC1(CN=[N+]=[N-])CCC(N(N)C(=O)c2cc3c(Cl)cc(Cl)cc3[nH]2)CC1. The van der Waals surface area contributed by atoms with Crippen LogP contribution in [0.5, 0.6) is 0 Å². The number of amides is 1. The Morgan fingerprint density at radius 3 is 2.41 bits per heavy atom. The fourth-order valence-corrected chi connectivity index (χ4v) is 4.35. The molecule has 29 heavy (non-hydrogen) atoms. The van der Waals surface area contributed by atoms with Gasteiger partial charge in [-0.25, -0.2) is 5.84 Å². The highest BCUT2D eigenvalue weighted by Crippen LogP contribution is 2.39. The first-order chi connectivity index (χ1) is 13.9. The van der Waals surface area contributed by atoms with Crippen LogP contribution in [0.25, 0.3) is 31.8 Å². The van der Waals surface area contributed by atoms with Crippen molar-refractivity contribution in [3.8, 4) is 0 Å². The van der Waals surface area contributed by atoms with Crippen molar-refractivity contribution >= 4 is 40.0 Å². The maximum Gasteiger partial charge on any atom is 0.284 e. The summed E-state index contributed by atoms with van der Waals surface area (Å²) in [5.41, 5.74) is 17.9. The highest BCUT2D eigenvalue weighted by Gasteiger charge is 2.37. The third-order valence-corrected chi connectivity index (χ3v) is 6.00. The van der Waals surface area contributed by atoms with E-state index in [4.69, 9.17) is 40.1 Å². The number of hydrogen-bond acceptors (Lipinski definition) is 4. The molecule has 12 heteroatoms. The van der Waals surface area contributed by atoms with Crippen molar-refractivity contribution in [2.45, 2.75) is 31.7 Å². The van der Waals surface area contributed by atoms with Crippen molar-refractivity contribution in [2.24, 2.45) is 21.5 Å². The molecule has 2 aromatic rings. The summed E-state index contributed by atoms with van der Waals surface area (Å²) in [6.07, 6.45) is 2.48. The van der Waals surface area contributed by atoms with Crippen molar-refractivity contribution in [3.63, 3.8) is 0 Å². The summed E-state index contributed by atoms with van der Waals surface area (Å²) in [6, 6.07) is 4.79. The monoisotopic (exact) mass is 435 g/mol. The fourth-order valence-electron chi connectivity index (χ4n) is 3.80. The molecular weight excluding hydrogens is 417 g/mol. The molecule has 10 nitrogen and oxygen atoms in total. The number of aromatic amines is 1. The van der Waals surface area contributed by atoms with Gasteiger partial charge in [0.25, 0.3) is 5.91 Å². The Balaban J connectivity index is 1.73. The lowest BCUT2D eigenvalue weighted by molar-refractivity contribution is 0.0539. The van der Waals surface area contributed by atoms with Crippen LogP contribution in [0.1, 0.15) is 36.2 Å². The first kappa shape index (κ1) is 21.1. The quantitative estimate of drug-likeness (QED) is 0.156. The highest BCUT2D eigenvalue weighted by molar-refractivity contribution is 6.38. The summed E-state index contributed by atoms with van der Waals surface area (Å²) in [6.45, 7) is 0.490. The zero-order chi connectivity index (χ0) is 21.0. The van der Waals surface area contributed by atoms with Crippen LogP contribution < -0.4 is 5.84 Å². The van der Waals surface area contributed by atoms with Gasteiger partial charge in [0, 0.05) is 44.9 Å². The number of aromatic nitrogens is 1. The van der Waals surface area contributed by atoms with Crippen LogP contribution in [0.4, 0.5) is 0 Å². The van der Waals surface area contributed by atoms with E-state index in [0.717, 1.165) is 0 Å². The number of halogens is 2. The maximum atomic E-state index is 12.9. The number of H-pyrrole nitrogens is 1. The summed E-state index contributed by atoms with van der Waals surface area (Å²) in [5, 5.41) is 10.2. The van der Waals surface area contributed by atoms with E-state index in [-0.39, 0.29) is 25.0 Å². The number of rotatable bonds is 6. The molecule has 3 rings (SSSR count). The smallest absolute Gasteiger partial charge is 0.284 e. The Morgan fingerprint density at radius 2 is 1.83 bits per heavy atom. The molecular formula is C17H19Cl2N9O. The Morgan fingerprint density at radius 1 is 1.21 bits per heavy atom. The predicted molar refractivity (Wildman–Crippen MR) is 111 cm³/mol. The van der Waals surface area contributed by atoms with E-state index in [0.29, 0.717) is 52.3 Å². The zero-order valence-corrected chi connectivity index (χ0v) is 16.9. The fraction of sp³-hybridized carbons (Fsp3) is 0.471. The van der Waals surface area contributed by atoms with Gasteiger partial charge in [-0.2, -0.15) is 0 Å². The van der Waals surface area contributed by atoms with E-state index >= 15 is 0 Å². The topological polar surface area (TPSA) is 160 Å². The van der Waals surface area contributed by atoms with Crippen LogP contribution in [-0.2, 0) is 0 Å². The van der Waals surface area contributed by atoms with Crippen molar-refractivity contribution < 1.29 is 4.79 Å². The lowest BCUT2D eigenvalue weighted by Gasteiger charge is -2.41. The van der Waals surface area contributed by atoms with Gasteiger partial charge in [-0.1, -0.05) is 33.4 Å². The number of nitrogens with one attached hydrogen (secondary N) is 1. The number of nitrogens with two attached hydrogens (primary N) is 1. The summed E-state index contributed by atoms with van der Waals surface area (Å²) < 4.78 is 0. The van der Waals surface area contributed by atoms with Gasteiger partial charge in [0.2, 0.25) is 0 Å². The van der Waals surface area contributed by atoms with E-state index in [1.54, 1.807) is 18.2 Å². The lowest BCUT2D eigenvalue weighted by atomic mass is 9.72. The van der Waals surface area contributed by atoms with Crippen LogP contribution in [0.3, 0.4) is 0 Å². The van der Waals surface area contributed by atoms with Crippen LogP contribution in [0, 0.1) is 5.41 Å². The van der Waals surface area contributed by atoms with Crippen molar-refractivity contribution in [2.75, 3.05) is 13.1 Å². The van der Waals surface area contributed by atoms with Gasteiger partial charge >= 0.3 is 0 Å². The van der Waals surface area contributed by atoms with E-state index in [9.17, 15) is 4.79 Å². The number of hydrogen-bond donors (Lipinski definition) is 2. The summed E-state index contributed by atoms with van der Waals surface area (Å²) in [5.74, 6) is 5.79. The summed E-state index contributed by atoms with van der Waals surface area (Å²) >= 11 is 12.2. The molecule has 3 N–H and O–H groups in total. The minimum atomic E-state index is -0.399. The number of azide groups is 2. The molecule has 1 fully saturated rings. The van der Waals surface area contributed by atoms with E-state index in [1.807, 2.05) is 0 Å². The molecule has 1 heterocycles. The number of hydrazine groups is 1. The number of carbonyl (C=O) groups is 1. The summed E-state index contributed by atoms with van der Waals surface area (Å²) in [4.78, 5) is 21.5. The third-order valence-electron chi connectivity index (χ3n) is 5.47. The van der Waals surface area contributed by atoms with Gasteiger partial charge in [-0.15, -0.1) is 0 Å². The Kier molecular flexibility index (Phi) is 6.42. The van der Waals surface area contributed by atoms with Crippen LogP contribution in [-0.4, -0.2) is 35.0 Å². The van der Waals surface area contributed by atoms with Gasteiger partial charge in [-0.05, 0) is 60.4 Å². The number of nitrogens with zero attached hydrogens (tertiary/aromatic N) is 7. The molecule has 152 valence electrons. The minimum absolute atomic E-state index is 0.182. The first-order valence-corrected chi connectivity index (χ1v) is 9.72. The molecule has 0 aliphatic heterocycles. The normalized spacial score (nSPS) is 21.3. The first-order valence-electron chi connectivity index (χ1n) is 8.97. The average Bonchev–Trinajstić information content (AvgIpc) is 3.14. The van der Waals surface area contributed by atoms with Gasteiger partial charge in [0.15, 0.2) is 0 Å². The van der Waals surface area contributed by atoms with E-state index in [1.165, 1.54) is 5.01 Å². The maximum absolute atomic E-state index is 12.9. The van der Waals surface area contributed by atoms with Crippen molar-refractivity contribution in [1.29, 1.82) is 0 Å². The standard InChI is InChI=1S/C17H19Cl2N9O/c18-10-5-13(19)12-7-15(25-14(12)6-10)16(29)28(22)11-1-3-17(4-2-11,8-23-26-20)9-24-27-21/h5-7,11,25H,1-4,8-9,22H2. The third kappa shape index (κ3) is 4.53. The molecule has 0 unspecified atom stereocenters. The Hall–Kier alpha value is -2.61. The predicted octanol–water partition coefficient (Wildman–Crippen LogP) is 5.34. The van der Waals surface area contributed by atoms with Gasteiger partial charge in [-0.3, -0.25) is 9.80 Å². The van der Waals surface area contributed by atoms with E-state index < -0.39 is 5.41 Å². The zero-order valence-electron chi connectivity index (χ0n) is 15.4. The molecule has 1 amide bonds. The molecule has 0 radical (unpaired) electrons.